The average molecular weight is 288 g/mol. The second-order valence-corrected chi connectivity index (χ2v) is 8.57. The number of allylic oxidation sites excluding steroid dienone is 1. The van der Waals surface area contributed by atoms with Crippen molar-refractivity contribution in [3.63, 3.8) is 0 Å². The molecule has 0 amide bonds. The summed E-state index contributed by atoms with van der Waals surface area (Å²) in [7, 11) is 0. The van der Waals surface area contributed by atoms with Crippen molar-refractivity contribution in [1.82, 2.24) is 0 Å². The number of Topliss-reactive ketones (excluding diaryl/α,β-unsaturated/α-hetero) is 1. The van der Waals surface area contributed by atoms with Crippen molar-refractivity contribution in [2.24, 2.45) is 28.6 Å². The quantitative estimate of drug-likeness (QED) is 0.687. The van der Waals surface area contributed by atoms with Crippen LogP contribution in [0.3, 0.4) is 0 Å². The monoisotopic (exact) mass is 288 g/mol. The molecule has 0 heterocycles. The van der Waals surface area contributed by atoms with Gasteiger partial charge in [-0.25, -0.2) is 0 Å². The molecule has 0 bridgehead atoms. The molecule has 4 aliphatic rings. The van der Waals surface area contributed by atoms with Crippen LogP contribution in [0.25, 0.3) is 0 Å². The summed E-state index contributed by atoms with van der Waals surface area (Å²) in [6.45, 7) is 4.69. The van der Waals surface area contributed by atoms with Crippen LogP contribution in [0, 0.1) is 28.6 Å². The van der Waals surface area contributed by atoms with Gasteiger partial charge in [0.05, 0.1) is 6.10 Å². The molecule has 3 fully saturated rings. The van der Waals surface area contributed by atoms with E-state index in [4.69, 9.17) is 0 Å². The Bertz CT molecular complexity index is 508. The Labute approximate surface area is 128 Å². The molecule has 0 saturated heterocycles. The molecule has 0 aromatic heterocycles. The minimum atomic E-state index is -0.122. The minimum Gasteiger partial charge on any atom is -0.393 e. The van der Waals surface area contributed by atoms with Crippen molar-refractivity contribution in [2.75, 3.05) is 0 Å². The van der Waals surface area contributed by atoms with Gasteiger partial charge in [-0.3, -0.25) is 4.79 Å². The van der Waals surface area contributed by atoms with E-state index in [1.54, 1.807) is 0 Å². The Morgan fingerprint density at radius 1 is 1.10 bits per heavy atom. The van der Waals surface area contributed by atoms with Gasteiger partial charge in [0, 0.05) is 11.8 Å². The molecule has 0 aromatic rings. The van der Waals surface area contributed by atoms with Gasteiger partial charge in [0.1, 0.15) is 5.78 Å². The Balaban J connectivity index is 1.69. The number of ketones is 1. The summed E-state index contributed by atoms with van der Waals surface area (Å²) in [5.74, 6) is 2.60. The Hall–Kier alpha value is -0.630. The zero-order valence-corrected chi connectivity index (χ0v) is 13.4. The summed E-state index contributed by atoms with van der Waals surface area (Å²) in [6.07, 6.45) is 10.7. The van der Waals surface area contributed by atoms with Crippen molar-refractivity contribution < 1.29 is 9.90 Å². The van der Waals surface area contributed by atoms with Crippen LogP contribution in [-0.2, 0) is 4.79 Å². The van der Waals surface area contributed by atoms with Gasteiger partial charge in [-0.05, 0) is 68.1 Å². The normalized spacial score (nSPS) is 52.7. The summed E-state index contributed by atoms with van der Waals surface area (Å²) in [4.78, 5) is 12.4. The van der Waals surface area contributed by atoms with Crippen LogP contribution in [-0.4, -0.2) is 17.0 Å². The molecule has 2 heteroatoms. The maximum atomic E-state index is 12.4. The predicted molar refractivity (Wildman–Crippen MR) is 82.7 cm³/mol. The van der Waals surface area contributed by atoms with Crippen LogP contribution in [0.4, 0.5) is 0 Å². The molecule has 0 radical (unpaired) electrons. The first-order valence-electron chi connectivity index (χ1n) is 8.86. The van der Waals surface area contributed by atoms with Gasteiger partial charge in [0.2, 0.25) is 0 Å². The zero-order valence-electron chi connectivity index (χ0n) is 13.4. The molecule has 1 unspecified atom stereocenters. The molecule has 1 N–H and O–H groups in total. The predicted octanol–water partition coefficient (Wildman–Crippen LogP) is 3.88. The van der Waals surface area contributed by atoms with Crippen LogP contribution < -0.4 is 0 Å². The van der Waals surface area contributed by atoms with Gasteiger partial charge in [-0.1, -0.05) is 25.5 Å². The molecule has 0 aliphatic heterocycles. The van der Waals surface area contributed by atoms with Gasteiger partial charge in [-0.2, -0.15) is 0 Å². The lowest BCUT2D eigenvalue weighted by atomic mass is 9.48. The van der Waals surface area contributed by atoms with Gasteiger partial charge in [0.15, 0.2) is 0 Å². The van der Waals surface area contributed by atoms with Gasteiger partial charge >= 0.3 is 0 Å². The van der Waals surface area contributed by atoms with Crippen LogP contribution in [0.2, 0.25) is 0 Å². The van der Waals surface area contributed by atoms with E-state index in [2.05, 4.69) is 19.9 Å². The number of rotatable bonds is 0. The third-order valence-corrected chi connectivity index (χ3v) is 7.79. The maximum Gasteiger partial charge on any atom is 0.139 e. The lowest BCUT2D eigenvalue weighted by molar-refractivity contribution is -0.132. The Morgan fingerprint density at radius 2 is 1.81 bits per heavy atom. The number of carbonyl (C=O) groups excluding carboxylic acids is 1. The number of carbonyl (C=O) groups is 1. The second kappa shape index (κ2) is 4.44. The molecule has 2 nitrogen and oxygen atoms in total. The largest absolute Gasteiger partial charge is 0.393 e. The second-order valence-electron chi connectivity index (χ2n) is 8.57. The van der Waals surface area contributed by atoms with E-state index < -0.39 is 0 Å². The summed E-state index contributed by atoms with van der Waals surface area (Å²) in [5.41, 5.74) is 1.81. The average Bonchev–Trinajstić information content (AvgIpc) is 2.76. The number of hydrogen-bond donors (Lipinski definition) is 1. The van der Waals surface area contributed by atoms with E-state index in [0.717, 1.165) is 50.9 Å². The maximum absolute atomic E-state index is 12.4. The number of aliphatic hydroxyl groups is 1. The number of hydrogen-bond acceptors (Lipinski definition) is 2. The molecule has 116 valence electrons. The highest BCUT2D eigenvalue weighted by Gasteiger charge is 2.58. The van der Waals surface area contributed by atoms with Crippen molar-refractivity contribution in [3.8, 4) is 0 Å². The smallest absolute Gasteiger partial charge is 0.139 e. The lowest BCUT2D eigenvalue weighted by Crippen LogP contribution is -2.50. The molecular formula is C19H28O2. The van der Waals surface area contributed by atoms with Gasteiger partial charge in [-0.15, -0.1) is 0 Å². The summed E-state index contributed by atoms with van der Waals surface area (Å²) in [5, 5.41) is 10.00. The van der Waals surface area contributed by atoms with E-state index in [1.807, 2.05) is 0 Å². The molecular weight excluding hydrogens is 260 g/mol. The van der Waals surface area contributed by atoms with E-state index >= 15 is 0 Å². The summed E-state index contributed by atoms with van der Waals surface area (Å²) >= 11 is 0. The van der Waals surface area contributed by atoms with Crippen LogP contribution in [0.5, 0.6) is 0 Å². The highest BCUT2D eigenvalue weighted by Crippen LogP contribution is 2.63. The highest BCUT2D eigenvalue weighted by molar-refractivity contribution is 5.87. The molecule has 3 saturated carbocycles. The molecule has 21 heavy (non-hydrogen) atoms. The fraction of sp³-hybridized carbons (Fsp3) is 0.842. The third kappa shape index (κ3) is 1.78. The Kier molecular flexibility index (Phi) is 2.96. The van der Waals surface area contributed by atoms with Crippen molar-refractivity contribution >= 4 is 5.78 Å². The van der Waals surface area contributed by atoms with E-state index in [0.29, 0.717) is 23.0 Å². The van der Waals surface area contributed by atoms with E-state index in [-0.39, 0.29) is 11.5 Å². The highest BCUT2D eigenvalue weighted by atomic mass is 16.3. The van der Waals surface area contributed by atoms with Crippen LogP contribution >= 0.6 is 0 Å². The topological polar surface area (TPSA) is 37.3 Å². The first-order chi connectivity index (χ1) is 9.95. The van der Waals surface area contributed by atoms with Crippen molar-refractivity contribution in [1.29, 1.82) is 0 Å². The summed E-state index contributed by atoms with van der Waals surface area (Å²) in [6, 6.07) is 0. The molecule has 0 aromatic carbocycles. The molecule has 4 rings (SSSR count). The van der Waals surface area contributed by atoms with Gasteiger partial charge in [0.25, 0.3) is 0 Å². The van der Waals surface area contributed by atoms with Crippen molar-refractivity contribution in [3.05, 3.63) is 11.6 Å². The third-order valence-electron chi connectivity index (χ3n) is 7.79. The van der Waals surface area contributed by atoms with E-state index in [1.165, 1.54) is 12.0 Å². The standard InChI is InChI=1S/C19H28O2/c1-18-9-7-13(20)11-12(18)3-4-14-15-5-6-17(21)19(15,2)10-8-16(14)18/h3,13-16,20H,4-11H2,1-2H3/t13?,14-,15+,16+,18-,19-/m0/s1. The van der Waals surface area contributed by atoms with Gasteiger partial charge < -0.3 is 5.11 Å². The Morgan fingerprint density at radius 3 is 2.62 bits per heavy atom. The molecule has 4 aliphatic carbocycles. The number of aliphatic hydroxyl groups excluding tert-OH is 1. The molecule has 0 spiro atoms. The fourth-order valence-corrected chi connectivity index (χ4v) is 6.41. The lowest BCUT2D eigenvalue weighted by Gasteiger charge is -2.56. The van der Waals surface area contributed by atoms with Crippen LogP contribution in [0.15, 0.2) is 11.6 Å². The first-order valence-corrected chi connectivity index (χ1v) is 8.86. The molecule has 6 atom stereocenters. The SMILES string of the molecule is C[C@]12CCC(O)CC1=CC[C@@H]1[C@H]2CC[C@]2(C)C(=O)CC[C@H]12. The fourth-order valence-electron chi connectivity index (χ4n) is 6.41. The van der Waals surface area contributed by atoms with Crippen molar-refractivity contribution in [2.45, 2.75) is 71.3 Å². The van der Waals surface area contributed by atoms with E-state index in [9.17, 15) is 9.90 Å². The number of fused-ring (bicyclic) bond motifs is 5. The minimum absolute atomic E-state index is 0.0168. The zero-order chi connectivity index (χ0) is 14.8. The first kappa shape index (κ1) is 14.0. The summed E-state index contributed by atoms with van der Waals surface area (Å²) < 4.78 is 0. The van der Waals surface area contributed by atoms with Crippen LogP contribution in [0.1, 0.15) is 65.2 Å².